The lowest BCUT2D eigenvalue weighted by Gasteiger charge is -2.06. The van der Waals surface area contributed by atoms with E-state index in [2.05, 4.69) is 9.97 Å². The minimum atomic E-state index is -1.26. The standard InChI is InChI=1S/C13H12N2O5/c1-19-8-2-4-9(5-3-8)20-7-11-14-10(13(17)18)6-12(16)15-11/h2-6H,7H2,1H3,(H,17,18)(H,14,15,16). The highest BCUT2D eigenvalue weighted by Crippen LogP contribution is 2.17. The average molecular weight is 276 g/mol. The average Bonchev–Trinajstić information content (AvgIpc) is 2.45. The number of rotatable bonds is 5. The zero-order valence-corrected chi connectivity index (χ0v) is 10.6. The minimum Gasteiger partial charge on any atom is -0.497 e. The van der Waals surface area contributed by atoms with Crippen molar-refractivity contribution in [2.45, 2.75) is 6.61 Å². The molecule has 0 unspecified atom stereocenters. The molecular weight excluding hydrogens is 264 g/mol. The molecule has 0 fully saturated rings. The van der Waals surface area contributed by atoms with Crippen molar-refractivity contribution in [3.63, 3.8) is 0 Å². The van der Waals surface area contributed by atoms with E-state index in [1.165, 1.54) is 0 Å². The molecule has 7 nitrogen and oxygen atoms in total. The predicted molar refractivity (Wildman–Crippen MR) is 69.1 cm³/mol. The van der Waals surface area contributed by atoms with Gasteiger partial charge in [0, 0.05) is 6.07 Å². The lowest BCUT2D eigenvalue weighted by atomic mass is 10.3. The minimum absolute atomic E-state index is 0.0390. The lowest BCUT2D eigenvalue weighted by molar-refractivity contribution is 0.0689. The third-order valence-electron chi connectivity index (χ3n) is 2.44. The summed E-state index contributed by atoms with van der Waals surface area (Å²) in [7, 11) is 1.56. The number of carboxylic acid groups (broad SMARTS) is 1. The van der Waals surface area contributed by atoms with Gasteiger partial charge in [-0.15, -0.1) is 0 Å². The second kappa shape index (κ2) is 5.87. The molecule has 0 radical (unpaired) electrons. The molecule has 20 heavy (non-hydrogen) atoms. The summed E-state index contributed by atoms with van der Waals surface area (Å²) >= 11 is 0. The zero-order valence-electron chi connectivity index (χ0n) is 10.6. The van der Waals surface area contributed by atoms with Crippen LogP contribution in [-0.4, -0.2) is 28.2 Å². The Hall–Kier alpha value is -2.83. The maximum Gasteiger partial charge on any atom is 0.354 e. The number of aromatic amines is 1. The normalized spacial score (nSPS) is 10.1. The first-order chi connectivity index (χ1) is 9.58. The Labute approximate surface area is 113 Å². The molecule has 1 aromatic heterocycles. The number of ether oxygens (including phenoxy) is 2. The number of nitrogens with zero attached hydrogens (tertiary/aromatic N) is 1. The predicted octanol–water partition coefficient (Wildman–Crippen LogP) is 1.06. The molecule has 0 spiro atoms. The molecule has 0 aliphatic rings. The Kier molecular flexibility index (Phi) is 3.99. The summed E-state index contributed by atoms with van der Waals surface area (Å²) in [6.07, 6.45) is 0. The van der Waals surface area contributed by atoms with Crippen LogP contribution >= 0.6 is 0 Å². The Morgan fingerprint density at radius 1 is 1.30 bits per heavy atom. The van der Waals surface area contributed by atoms with Crippen molar-refractivity contribution in [3.05, 3.63) is 52.2 Å². The number of benzene rings is 1. The molecule has 1 aromatic carbocycles. The Morgan fingerprint density at radius 3 is 2.55 bits per heavy atom. The smallest absolute Gasteiger partial charge is 0.354 e. The number of carboxylic acids is 1. The zero-order chi connectivity index (χ0) is 14.5. The third kappa shape index (κ3) is 3.35. The van der Waals surface area contributed by atoms with Gasteiger partial charge in [-0.25, -0.2) is 9.78 Å². The number of aromatic carboxylic acids is 1. The van der Waals surface area contributed by atoms with Crippen LogP contribution in [0.4, 0.5) is 0 Å². The van der Waals surface area contributed by atoms with Crippen LogP contribution < -0.4 is 15.0 Å². The van der Waals surface area contributed by atoms with Crippen LogP contribution in [0.15, 0.2) is 35.1 Å². The number of hydrogen-bond acceptors (Lipinski definition) is 5. The molecule has 1 heterocycles. The van der Waals surface area contributed by atoms with Crippen molar-refractivity contribution >= 4 is 5.97 Å². The van der Waals surface area contributed by atoms with Crippen LogP contribution in [0.1, 0.15) is 16.3 Å². The highest BCUT2D eigenvalue weighted by atomic mass is 16.5. The van der Waals surface area contributed by atoms with E-state index in [1.54, 1.807) is 31.4 Å². The van der Waals surface area contributed by atoms with Crippen LogP contribution in [0, 0.1) is 0 Å². The summed E-state index contributed by atoms with van der Waals surface area (Å²) in [5, 5.41) is 8.81. The summed E-state index contributed by atoms with van der Waals surface area (Å²) in [4.78, 5) is 28.3. The topological polar surface area (TPSA) is 102 Å². The summed E-state index contributed by atoms with van der Waals surface area (Å²) in [6, 6.07) is 7.74. The fourth-order valence-electron chi connectivity index (χ4n) is 1.51. The molecule has 0 bridgehead atoms. The number of aromatic nitrogens is 2. The van der Waals surface area contributed by atoms with Gasteiger partial charge in [0.05, 0.1) is 7.11 Å². The first kappa shape index (κ1) is 13.6. The van der Waals surface area contributed by atoms with Crippen molar-refractivity contribution in [2.24, 2.45) is 0 Å². The molecule has 0 aliphatic carbocycles. The Bertz CT molecular complexity index is 663. The van der Waals surface area contributed by atoms with Crippen molar-refractivity contribution in [3.8, 4) is 11.5 Å². The van der Waals surface area contributed by atoms with Gasteiger partial charge in [-0.05, 0) is 24.3 Å². The van der Waals surface area contributed by atoms with E-state index in [0.29, 0.717) is 11.5 Å². The van der Waals surface area contributed by atoms with Crippen molar-refractivity contribution in [1.82, 2.24) is 9.97 Å². The summed E-state index contributed by atoms with van der Waals surface area (Å²) in [6.45, 7) is -0.0390. The number of carbonyl (C=O) groups is 1. The van der Waals surface area contributed by atoms with E-state index in [0.717, 1.165) is 6.07 Å². The summed E-state index contributed by atoms with van der Waals surface area (Å²) in [5.41, 5.74) is -0.854. The lowest BCUT2D eigenvalue weighted by Crippen LogP contribution is -2.17. The molecule has 2 N–H and O–H groups in total. The molecule has 0 amide bonds. The summed E-state index contributed by atoms with van der Waals surface area (Å²) < 4.78 is 10.4. The van der Waals surface area contributed by atoms with E-state index >= 15 is 0 Å². The molecule has 0 aliphatic heterocycles. The van der Waals surface area contributed by atoms with Gasteiger partial charge in [0.25, 0.3) is 5.56 Å². The SMILES string of the molecule is COc1ccc(OCc2nc(C(=O)O)cc(=O)[nH]2)cc1. The fourth-order valence-corrected chi connectivity index (χ4v) is 1.51. The van der Waals surface area contributed by atoms with E-state index in [-0.39, 0.29) is 18.1 Å². The highest BCUT2D eigenvalue weighted by Gasteiger charge is 2.08. The quantitative estimate of drug-likeness (QED) is 0.846. The second-order valence-electron chi connectivity index (χ2n) is 3.85. The van der Waals surface area contributed by atoms with Gasteiger partial charge in [0.2, 0.25) is 0 Å². The van der Waals surface area contributed by atoms with Crippen molar-refractivity contribution in [1.29, 1.82) is 0 Å². The maximum absolute atomic E-state index is 11.3. The molecule has 104 valence electrons. The van der Waals surface area contributed by atoms with Crippen LogP contribution in [0.2, 0.25) is 0 Å². The largest absolute Gasteiger partial charge is 0.497 e. The van der Waals surface area contributed by atoms with Gasteiger partial charge in [-0.2, -0.15) is 0 Å². The Morgan fingerprint density at radius 2 is 1.95 bits per heavy atom. The van der Waals surface area contributed by atoms with Gasteiger partial charge in [-0.1, -0.05) is 0 Å². The number of hydrogen-bond donors (Lipinski definition) is 2. The fraction of sp³-hybridized carbons (Fsp3) is 0.154. The summed E-state index contributed by atoms with van der Waals surface area (Å²) in [5.74, 6) is 0.124. The van der Waals surface area contributed by atoms with E-state index < -0.39 is 11.5 Å². The van der Waals surface area contributed by atoms with Crippen LogP contribution in [-0.2, 0) is 6.61 Å². The third-order valence-corrected chi connectivity index (χ3v) is 2.44. The number of methoxy groups -OCH3 is 1. The first-order valence-electron chi connectivity index (χ1n) is 5.69. The van der Waals surface area contributed by atoms with Gasteiger partial charge < -0.3 is 19.6 Å². The van der Waals surface area contributed by atoms with Gasteiger partial charge >= 0.3 is 5.97 Å². The molecule has 0 saturated heterocycles. The number of H-pyrrole nitrogens is 1. The van der Waals surface area contributed by atoms with E-state index in [9.17, 15) is 9.59 Å². The molecular formula is C13H12N2O5. The monoisotopic (exact) mass is 276 g/mol. The van der Waals surface area contributed by atoms with Gasteiger partial charge in [0.1, 0.15) is 23.9 Å². The van der Waals surface area contributed by atoms with Crippen LogP contribution in [0.3, 0.4) is 0 Å². The molecule has 0 saturated carbocycles. The van der Waals surface area contributed by atoms with Gasteiger partial charge in [0.15, 0.2) is 5.69 Å². The van der Waals surface area contributed by atoms with E-state index in [1.807, 2.05) is 0 Å². The van der Waals surface area contributed by atoms with Crippen molar-refractivity contribution < 1.29 is 19.4 Å². The molecule has 2 aromatic rings. The van der Waals surface area contributed by atoms with E-state index in [4.69, 9.17) is 14.6 Å². The highest BCUT2D eigenvalue weighted by molar-refractivity contribution is 5.85. The Balaban J connectivity index is 2.10. The van der Waals surface area contributed by atoms with Crippen molar-refractivity contribution in [2.75, 3.05) is 7.11 Å². The van der Waals surface area contributed by atoms with Gasteiger partial charge in [-0.3, -0.25) is 4.79 Å². The maximum atomic E-state index is 11.3. The van der Waals surface area contributed by atoms with Crippen LogP contribution in [0.5, 0.6) is 11.5 Å². The number of nitrogens with one attached hydrogen (secondary N) is 1. The molecule has 7 heteroatoms. The molecule has 0 atom stereocenters. The first-order valence-corrected chi connectivity index (χ1v) is 5.69. The molecule has 2 rings (SSSR count). The second-order valence-corrected chi connectivity index (χ2v) is 3.85. The van der Waals surface area contributed by atoms with Crippen LogP contribution in [0.25, 0.3) is 0 Å².